The van der Waals surface area contributed by atoms with E-state index >= 15 is 0 Å². The van der Waals surface area contributed by atoms with E-state index in [1.54, 1.807) is 0 Å². The maximum Gasteiger partial charge on any atom is 0.0320 e. The maximum absolute atomic E-state index is 3.83. The molecule has 1 heterocycles. The summed E-state index contributed by atoms with van der Waals surface area (Å²) < 4.78 is 0. The molecule has 0 aromatic heterocycles. The van der Waals surface area contributed by atoms with Crippen molar-refractivity contribution in [2.75, 3.05) is 18.1 Å². The normalized spacial score (nSPS) is 31.3. The molecule has 2 fully saturated rings. The molecule has 112 valence electrons. The van der Waals surface area contributed by atoms with Crippen LogP contribution in [0.25, 0.3) is 0 Å². The van der Waals surface area contributed by atoms with Gasteiger partial charge in [-0.05, 0) is 25.3 Å². The third-order valence-corrected chi connectivity index (χ3v) is 8.08. The molecule has 0 radical (unpaired) electrons. The average molecular weight is 302 g/mol. The molecule has 0 aromatic rings. The van der Waals surface area contributed by atoms with Crippen LogP contribution in [0.3, 0.4) is 0 Å². The van der Waals surface area contributed by atoms with Gasteiger partial charge < -0.3 is 5.32 Å². The van der Waals surface area contributed by atoms with E-state index in [0.717, 1.165) is 29.0 Å². The summed E-state index contributed by atoms with van der Waals surface area (Å²) in [5.74, 6) is 3.73. The Morgan fingerprint density at radius 3 is 2.47 bits per heavy atom. The quantitative estimate of drug-likeness (QED) is 0.772. The van der Waals surface area contributed by atoms with E-state index in [1.807, 2.05) is 0 Å². The van der Waals surface area contributed by atoms with Crippen molar-refractivity contribution in [3.63, 3.8) is 0 Å². The van der Waals surface area contributed by atoms with Crippen molar-refractivity contribution in [1.82, 2.24) is 5.32 Å². The first-order chi connectivity index (χ1) is 9.35. The largest absolute Gasteiger partial charge is 0.313 e. The molecule has 0 bridgehead atoms. The first kappa shape index (κ1) is 16.0. The summed E-state index contributed by atoms with van der Waals surface area (Å²) in [6.45, 7) is 5.78. The molecule has 0 aromatic carbocycles. The minimum absolute atomic E-state index is 0.760. The van der Waals surface area contributed by atoms with Gasteiger partial charge in [0.1, 0.15) is 0 Å². The van der Waals surface area contributed by atoms with Gasteiger partial charge in [0, 0.05) is 28.0 Å². The van der Waals surface area contributed by atoms with Gasteiger partial charge in [-0.15, -0.1) is 0 Å². The van der Waals surface area contributed by atoms with Crippen molar-refractivity contribution in [2.24, 2.45) is 5.92 Å². The Balaban J connectivity index is 1.92. The Morgan fingerprint density at radius 2 is 1.79 bits per heavy atom. The molecule has 1 aliphatic heterocycles. The number of rotatable bonds is 6. The predicted octanol–water partition coefficient (Wildman–Crippen LogP) is 4.56. The molecule has 3 atom stereocenters. The van der Waals surface area contributed by atoms with Crippen LogP contribution in [0, 0.1) is 5.92 Å². The Morgan fingerprint density at radius 1 is 1.05 bits per heavy atom. The van der Waals surface area contributed by atoms with Crippen molar-refractivity contribution >= 4 is 23.5 Å². The van der Waals surface area contributed by atoms with Crippen LogP contribution in [0.5, 0.6) is 0 Å². The highest BCUT2D eigenvalue weighted by Gasteiger charge is 2.33. The fourth-order valence-corrected chi connectivity index (χ4v) is 6.97. The lowest BCUT2D eigenvalue weighted by molar-refractivity contribution is 0.294. The third-order valence-electron chi connectivity index (χ3n) is 4.67. The maximum atomic E-state index is 3.83. The standard InChI is InChI=1S/C16H31NS2/c1-3-15-16(19-11-10-18-15)14(17-4-2)12-13-8-6-5-7-9-13/h13-17H,3-12H2,1-2H3. The molecule has 1 N–H and O–H groups in total. The Kier molecular flexibility index (Phi) is 7.46. The third kappa shape index (κ3) is 4.86. The first-order valence-corrected chi connectivity index (χ1v) is 10.4. The monoisotopic (exact) mass is 301 g/mol. The molecule has 19 heavy (non-hydrogen) atoms. The van der Waals surface area contributed by atoms with Crippen molar-refractivity contribution in [1.29, 1.82) is 0 Å². The van der Waals surface area contributed by atoms with Crippen LogP contribution in [0.4, 0.5) is 0 Å². The van der Waals surface area contributed by atoms with Crippen LogP contribution >= 0.6 is 23.5 Å². The first-order valence-electron chi connectivity index (χ1n) is 8.31. The lowest BCUT2D eigenvalue weighted by atomic mass is 9.83. The summed E-state index contributed by atoms with van der Waals surface area (Å²) in [6, 6.07) is 0.760. The molecule has 0 amide bonds. The zero-order valence-corrected chi connectivity index (χ0v) is 14.3. The molecule has 1 saturated carbocycles. The highest BCUT2D eigenvalue weighted by atomic mass is 32.2. The van der Waals surface area contributed by atoms with Crippen LogP contribution in [0.1, 0.15) is 58.8 Å². The molecule has 3 unspecified atom stereocenters. The Hall–Kier alpha value is 0.660. The molecular weight excluding hydrogens is 270 g/mol. The molecule has 0 spiro atoms. The second-order valence-electron chi connectivity index (χ2n) is 6.06. The van der Waals surface area contributed by atoms with Gasteiger partial charge in [-0.1, -0.05) is 46.0 Å². The van der Waals surface area contributed by atoms with Crippen LogP contribution in [-0.2, 0) is 0 Å². The molecule has 1 aliphatic carbocycles. The Bertz CT molecular complexity index is 241. The summed E-state index contributed by atoms with van der Waals surface area (Å²) in [4.78, 5) is 0. The van der Waals surface area contributed by atoms with E-state index in [-0.39, 0.29) is 0 Å². The fourth-order valence-electron chi connectivity index (χ4n) is 3.69. The van der Waals surface area contributed by atoms with Crippen molar-refractivity contribution in [3.05, 3.63) is 0 Å². The van der Waals surface area contributed by atoms with Gasteiger partial charge in [0.2, 0.25) is 0 Å². The lowest BCUT2D eigenvalue weighted by Gasteiger charge is -2.38. The zero-order valence-electron chi connectivity index (χ0n) is 12.7. The molecule has 1 saturated heterocycles. The minimum atomic E-state index is 0.760. The van der Waals surface area contributed by atoms with Gasteiger partial charge in [0.05, 0.1) is 0 Å². The summed E-state index contributed by atoms with van der Waals surface area (Å²) in [5.41, 5.74) is 0. The number of thioether (sulfide) groups is 2. The fraction of sp³-hybridized carbons (Fsp3) is 1.00. The van der Waals surface area contributed by atoms with Gasteiger partial charge in [-0.2, -0.15) is 23.5 Å². The second-order valence-corrected chi connectivity index (χ2v) is 8.69. The van der Waals surface area contributed by atoms with E-state index in [2.05, 4.69) is 42.7 Å². The smallest absolute Gasteiger partial charge is 0.0320 e. The average Bonchev–Trinajstić information content (AvgIpc) is 2.48. The molecule has 3 heteroatoms. The Labute approximate surface area is 128 Å². The van der Waals surface area contributed by atoms with Crippen molar-refractivity contribution in [3.8, 4) is 0 Å². The van der Waals surface area contributed by atoms with Crippen LogP contribution in [0.15, 0.2) is 0 Å². The summed E-state index contributed by atoms with van der Waals surface area (Å²) in [5, 5.41) is 5.56. The molecule has 1 nitrogen and oxygen atoms in total. The summed E-state index contributed by atoms with van der Waals surface area (Å²) in [6.07, 6.45) is 10.2. The van der Waals surface area contributed by atoms with Gasteiger partial charge in [0.15, 0.2) is 0 Å². The molecular formula is C16H31NS2. The number of nitrogens with one attached hydrogen (secondary N) is 1. The molecule has 2 rings (SSSR count). The van der Waals surface area contributed by atoms with E-state index in [4.69, 9.17) is 0 Å². The summed E-state index contributed by atoms with van der Waals surface area (Å²) >= 11 is 4.48. The zero-order chi connectivity index (χ0) is 13.5. The van der Waals surface area contributed by atoms with Gasteiger partial charge in [-0.3, -0.25) is 0 Å². The van der Waals surface area contributed by atoms with Gasteiger partial charge in [-0.25, -0.2) is 0 Å². The van der Waals surface area contributed by atoms with Crippen molar-refractivity contribution in [2.45, 2.75) is 75.3 Å². The SMILES string of the molecule is CCNC(CC1CCCCC1)C1SCCSC1CC. The highest BCUT2D eigenvalue weighted by Crippen LogP contribution is 2.38. The van der Waals surface area contributed by atoms with Gasteiger partial charge >= 0.3 is 0 Å². The van der Waals surface area contributed by atoms with Crippen LogP contribution in [0.2, 0.25) is 0 Å². The second kappa shape index (κ2) is 8.84. The topological polar surface area (TPSA) is 12.0 Å². The van der Waals surface area contributed by atoms with E-state index in [9.17, 15) is 0 Å². The van der Waals surface area contributed by atoms with Crippen LogP contribution in [-0.4, -0.2) is 34.6 Å². The van der Waals surface area contributed by atoms with E-state index < -0.39 is 0 Å². The van der Waals surface area contributed by atoms with Gasteiger partial charge in [0.25, 0.3) is 0 Å². The van der Waals surface area contributed by atoms with Crippen LogP contribution < -0.4 is 5.32 Å². The minimum Gasteiger partial charge on any atom is -0.313 e. The summed E-state index contributed by atoms with van der Waals surface area (Å²) in [7, 11) is 0. The highest BCUT2D eigenvalue weighted by molar-refractivity contribution is 8.07. The molecule has 2 aliphatic rings. The van der Waals surface area contributed by atoms with E-state index in [1.165, 1.54) is 56.5 Å². The predicted molar refractivity (Wildman–Crippen MR) is 91.4 cm³/mol. The van der Waals surface area contributed by atoms with Crippen molar-refractivity contribution < 1.29 is 0 Å². The van der Waals surface area contributed by atoms with E-state index in [0.29, 0.717) is 0 Å². The number of hydrogen-bond acceptors (Lipinski definition) is 3. The number of hydrogen-bond donors (Lipinski definition) is 1. The lowest BCUT2D eigenvalue weighted by Crippen LogP contribution is -2.46.